The van der Waals surface area contributed by atoms with E-state index in [0.29, 0.717) is 13.0 Å². The average molecular weight is 403 g/mol. The van der Waals surface area contributed by atoms with E-state index in [-0.39, 0.29) is 21.1 Å². The van der Waals surface area contributed by atoms with Crippen LogP contribution in [0.25, 0.3) is 0 Å². The summed E-state index contributed by atoms with van der Waals surface area (Å²) in [6.07, 6.45) is 1.13. The molecule has 1 heterocycles. The molecular weight excluding hydrogens is 391 g/mol. The molecule has 1 aromatic rings. The standard InChI is InChI=1S/C11H12F2INO3S/c12-8-3-4-9(10(13)11(8)14)15-19(16,17)6-7-2-1-5-18-7/h3-4,7,15H,1-2,5-6H2. The molecule has 0 amide bonds. The van der Waals surface area contributed by atoms with E-state index < -0.39 is 21.7 Å². The highest BCUT2D eigenvalue weighted by Gasteiger charge is 2.24. The normalized spacial score (nSPS) is 19.6. The maximum absolute atomic E-state index is 13.7. The molecule has 1 aliphatic heterocycles. The molecule has 19 heavy (non-hydrogen) atoms. The first-order chi connectivity index (χ1) is 8.89. The molecule has 0 saturated carbocycles. The minimum atomic E-state index is -3.71. The minimum absolute atomic E-state index is 0.222. The molecule has 106 valence electrons. The molecule has 1 saturated heterocycles. The molecule has 0 spiro atoms. The number of rotatable bonds is 4. The van der Waals surface area contributed by atoms with E-state index in [1.807, 2.05) is 0 Å². The van der Waals surface area contributed by atoms with Crippen molar-refractivity contribution in [3.05, 3.63) is 27.3 Å². The van der Waals surface area contributed by atoms with E-state index in [9.17, 15) is 17.2 Å². The Morgan fingerprint density at radius 3 is 2.79 bits per heavy atom. The SMILES string of the molecule is O=S(=O)(CC1CCCO1)Nc1ccc(F)c(I)c1F. The van der Waals surface area contributed by atoms with Gasteiger partial charge in [0.2, 0.25) is 10.0 Å². The van der Waals surface area contributed by atoms with Crippen LogP contribution in [0.4, 0.5) is 14.5 Å². The van der Waals surface area contributed by atoms with Crippen molar-refractivity contribution < 1.29 is 21.9 Å². The second-order valence-electron chi connectivity index (χ2n) is 4.24. The summed E-state index contributed by atoms with van der Waals surface area (Å²) in [4.78, 5) is 0. The van der Waals surface area contributed by atoms with Crippen molar-refractivity contribution >= 4 is 38.3 Å². The molecular formula is C11H12F2INO3S. The quantitative estimate of drug-likeness (QED) is 0.621. The number of ether oxygens (including phenoxy) is 1. The van der Waals surface area contributed by atoms with Gasteiger partial charge < -0.3 is 4.74 Å². The molecule has 1 atom stereocenters. The monoisotopic (exact) mass is 403 g/mol. The summed E-state index contributed by atoms with van der Waals surface area (Å²) < 4.78 is 57.6. The lowest BCUT2D eigenvalue weighted by Crippen LogP contribution is -2.26. The summed E-state index contributed by atoms with van der Waals surface area (Å²) in [5.74, 6) is -1.85. The minimum Gasteiger partial charge on any atom is -0.377 e. The van der Waals surface area contributed by atoms with Gasteiger partial charge in [-0.05, 0) is 47.6 Å². The van der Waals surface area contributed by atoms with Crippen molar-refractivity contribution in [2.45, 2.75) is 18.9 Å². The molecule has 0 aromatic heterocycles. The predicted molar refractivity (Wildman–Crippen MR) is 75.5 cm³/mol. The fourth-order valence-corrected chi connectivity index (χ4v) is 3.63. The lowest BCUT2D eigenvalue weighted by molar-refractivity contribution is 0.127. The van der Waals surface area contributed by atoms with Gasteiger partial charge in [-0.3, -0.25) is 4.72 Å². The molecule has 1 fully saturated rings. The second kappa shape index (κ2) is 5.88. The van der Waals surface area contributed by atoms with Crippen molar-refractivity contribution in [2.24, 2.45) is 0 Å². The maximum atomic E-state index is 13.7. The second-order valence-corrected chi connectivity index (χ2v) is 7.09. The molecule has 2 rings (SSSR count). The molecule has 1 unspecified atom stereocenters. The van der Waals surface area contributed by atoms with Crippen LogP contribution in [0.15, 0.2) is 12.1 Å². The number of anilines is 1. The van der Waals surface area contributed by atoms with Crippen LogP contribution in [-0.2, 0) is 14.8 Å². The summed E-state index contributed by atoms with van der Waals surface area (Å²) in [5.41, 5.74) is -0.246. The Morgan fingerprint density at radius 1 is 1.42 bits per heavy atom. The van der Waals surface area contributed by atoms with E-state index in [2.05, 4.69) is 4.72 Å². The summed E-state index contributed by atoms with van der Waals surface area (Å²) >= 11 is 1.49. The molecule has 0 radical (unpaired) electrons. The van der Waals surface area contributed by atoms with Gasteiger partial charge >= 0.3 is 0 Å². The van der Waals surface area contributed by atoms with Crippen LogP contribution in [-0.4, -0.2) is 26.9 Å². The summed E-state index contributed by atoms with van der Waals surface area (Å²) in [7, 11) is -3.71. The Morgan fingerprint density at radius 2 is 2.16 bits per heavy atom. The Kier molecular flexibility index (Phi) is 4.62. The van der Waals surface area contributed by atoms with Crippen molar-refractivity contribution in [1.29, 1.82) is 0 Å². The number of hydrogen-bond acceptors (Lipinski definition) is 3. The lowest BCUT2D eigenvalue weighted by atomic mass is 10.3. The van der Waals surface area contributed by atoms with Gasteiger partial charge in [0.05, 0.1) is 21.1 Å². The topological polar surface area (TPSA) is 55.4 Å². The highest BCUT2D eigenvalue weighted by molar-refractivity contribution is 14.1. The van der Waals surface area contributed by atoms with E-state index in [0.717, 1.165) is 18.6 Å². The van der Waals surface area contributed by atoms with Crippen LogP contribution in [0.5, 0.6) is 0 Å². The molecule has 0 aliphatic carbocycles. The summed E-state index contributed by atoms with van der Waals surface area (Å²) in [6, 6.07) is 2.09. The average Bonchev–Trinajstić information content (AvgIpc) is 2.82. The zero-order valence-corrected chi connectivity index (χ0v) is 12.8. The molecule has 0 bridgehead atoms. The van der Waals surface area contributed by atoms with Crippen LogP contribution >= 0.6 is 22.6 Å². The molecule has 1 N–H and O–H groups in total. The lowest BCUT2D eigenvalue weighted by Gasteiger charge is -2.13. The van der Waals surface area contributed by atoms with Crippen LogP contribution in [0.3, 0.4) is 0 Å². The molecule has 8 heteroatoms. The van der Waals surface area contributed by atoms with Gasteiger partial charge in [-0.15, -0.1) is 0 Å². The van der Waals surface area contributed by atoms with Crippen LogP contribution in [0.1, 0.15) is 12.8 Å². The number of hydrogen-bond donors (Lipinski definition) is 1. The van der Waals surface area contributed by atoms with Gasteiger partial charge in [0, 0.05) is 6.61 Å². The van der Waals surface area contributed by atoms with Crippen molar-refractivity contribution in [1.82, 2.24) is 0 Å². The zero-order valence-electron chi connectivity index (χ0n) is 9.83. The Hall–Kier alpha value is -0.480. The third-order valence-corrected chi connectivity index (χ3v) is 5.06. The molecule has 1 aromatic carbocycles. The first-order valence-corrected chi connectivity index (χ1v) is 8.38. The van der Waals surface area contributed by atoms with Crippen LogP contribution in [0, 0.1) is 15.2 Å². The van der Waals surface area contributed by atoms with Crippen molar-refractivity contribution in [2.75, 3.05) is 17.1 Å². The van der Waals surface area contributed by atoms with Crippen molar-refractivity contribution in [3.8, 4) is 0 Å². The highest BCUT2D eigenvalue weighted by Crippen LogP contribution is 2.24. The van der Waals surface area contributed by atoms with Gasteiger partial charge in [-0.2, -0.15) is 0 Å². The number of benzene rings is 1. The predicted octanol–water partition coefficient (Wildman–Crippen LogP) is 2.49. The number of nitrogens with one attached hydrogen (secondary N) is 1. The fourth-order valence-electron chi connectivity index (χ4n) is 1.83. The van der Waals surface area contributed by atoms with Gasteiger partial charge in [0.25, 0.3) is 0 Å². The summed E-state index contributed by atoms with van der Waals surface area (Å²) in [5, 5.41) is 0. The highest BCUT2D eigenvalue weighted by atomic mass is 127. The Labute approximate surface area is 123 Å². The maximum Gasteiger partial charge on any atom is 0.235 e. The van der Waals surface area contributed by atoms with Gasteiger partial charge in [0.1, 0.15) is 5.82 Å². The Balaban J connectivity index is 2.13. The first-order valence-electron chi connectivity index (χ1n) is 5.64. The van der Waals surface area contributed by atoms with E-state index in [4.69, 9.17) is 4.74 Å². The Bertz CT molecular complexity index is 574. The first kappa shape index (κ1) is 14.9. The zero-order chi connectivity index (χ0) is 14.0. The van der Waals surface area contributed by atoms with E-state index in [1.54, 1.807) is 0 Å². The molecule has 4 nitrogen and oxygen atoms in total. The van der Waals surface area contributed by atoms with Crippen LogP contribution < -0.4 is 4.72 Å². The van der Waals surface area contributed by atoms with Crippen LogP contribution in [0.2, 0.25) is 0 Å². The smallest absolute Gasteiger partial charge is 0.235 e. The largest absolute Gasteiger partial charge is 0.377 e. The van der Waals surface area contributed by atoms with E-state index in [1.165, 1.54) is 22.6 Å². The fraction of sp³-hybridized carbons (Fsp3) is 0.455. The van der Waals surface area contributed by atoms with Gasteiger partial charge in [-0.25, -0.2) is 17.2 Å². The molecule has 1 aliphatic rings. The van der Waals surface area contributed by atoms with E-state index >= 15 is 0 Å². The number of sulfonamides is 1. The van der Waals surface area contributed by atoms with Crippen molar-refractivity contribution in [3.63, 3.8) is 0 Å². The van der Waals surface area contributed by atoms with Gasteiger partial charge in [0.15, 0.2) is 5.82 Å². The van der Waals surface area contributed by atoms with Gasteiger partial charge in [-0.1, -0.05) is 0 Å². The third-order valence-electron chi connectivity index (χ3n) is 2.73. The summed E-state index contributed by atoms with van der Waals surface area (Å²) in [6.45, 7) is 0.545. The number of halogens is 3. The third kappa shape index (κ3) is 3.76.